The Bertz CT molecular complexity index is 1470. The first-order valence-electron chi connectivity index (χ1n) is 11.1. The number of aromatic nitrogens is 2. The van der Waals surface area contributed by atoms with Crippen LogP contribution in [-0.2, 0) is 0 Å². The summed E-state index contributed by atoms with van der Waals surface area (Å²) in [6, 6.07) is 17.9. The highest BCUT2D eigenvalue weighted by Crippen LogP contribution is 2.33. The molecule has 172 valence electrons. The summed E-state index contributed by atoms with van der Waals surface area (Å²) < 4.78 is 12.4. The van der Waals surface area contributed by atoms with E-state index in [1.54, 1.807) is 40.8 Å². The van der Waals surface area contributed by atoms with Crippen molar-refractivity contribution in [1.82, 2.24) is 14.5 Å². The number of aryl methyl sites for hydroxylation is 2. The van der Waals surface area contributed by atoms with Crippen LogP contribution < -0.4 is 15.0 Å². The van der Waals surface area contributed by atoms with Crippen molar-refractivity contribution in [1.29, 1.82) is 0 Å². The standard InChI is InChI=1S/C27H25N3O4/c1-16-11-17(2)13-20(12-16)30-25(28-22-8-6-5-7-21(22)27(30)32)18(3)29(4)26(31)19-9-10-23-24(14-19)34-15-33-23/h5-14,18H,15H2,1-4H3. The topological polar surface area (TPSA) is 73.7 Å². The van der Waals surface area contributed by atoms with Crippen molar-refractivity contribution < 1.29 is 14.3 Å². The molecule has 1 aromatic heterocycles. The Hall–Kier alpha value is -4.13. The summed E-state index contributed by atoms with van der Waals surface area (Å²) in [7, 11) is 1.71. The number of carbonyl (C=O) groups excluding carboxylic acids is 1. The van der Waals surface area contributed by atoms with Crippen molar-refractivity contribution in [2.45, 2.75) is 26.8 Å². The number of hydrogen-bond donors (Lipinski definition) is 0. The molecule has 0 spiro atoms. The van der Waals surface area contributed by atoms with Crippen LogP contribution in [0, 0.1) is 13.8 Å². The van der Waals surface area contributed by atoms with Crippen molar-refractivity contribution in [2.24, 2.45) is 0 Å². The van der Waals surface area contributed by atoms with Crippen molar-refractivity contribution in [3.05, 3.63) is 93.5 Å². The van der Waals surface area contributed by atoms with E-state index in [-0.39, 0.29) is 18.3 Å². The molecule has 3 aromatic carbocycles. The van der Waals surface area contributed by atoms with Crippen LogP contribution in [0.1, 0.15) is 40.3 Å². The van der Waals surface area contributed by atoms with Gasteiger partial charge in [-0.05, 0) is 74.4 Å². The lowest BCUT2D eigenvalue weighted by molar-refractivity contribution is 0.0734. The molecule has 7 heteroatoms. The molecule has 5 rings (SSSR count). The number of nitrogens with zero attached hydrogens (tertiary/aromatic N) is 3. The molecule has 1 amide bonds. The lowest BCUT2D eigenvalue weighted by Gasteiger charge is -2.27. The number of benzene rings is 3. The van der Waals surface area contributed by atoms with Crippen LogP contribution in [0.2, 0.25) is 0 Å². The van der Waals surface area contributed by atoms with Crippen molar-refractivity contribution >= 4 is 16.8 Å². The lowest BCUT2D eigenvalue weighted by Crippen LogP contribution is -2.35. The number of rotatable bonds is 4. The quantitative estimate of drug-likeness (QED) is 0.451. The van der Waals surface area contributed by atoms with E-state index in [1.165, 1.54) is 0 Å². The minimum absolute atomic E-state index is 0.141. The van der Waals surface area contributed by atoms with Gasteiger partial charge in [-0.3, -0.25) is 14.2 Å². The van der Waals surface area contributed by atoms with Gasteiger partial charge in [-0.2, -0.15) is 0 Å². The van der Waals surface area contributed by atoms with Crippen LogP contribution in [-0.4, -0.2) is 34.2 Å². The maximum atomic E-state index is 13.7. The molecule has 34 heavy (non-hydrogen) atoms. The van der Waals surface area contributed by atoms with E-state index in [4.69, 9.17) is 14.5 Å². The Morgan fingerprint density at radius 1 is 1.00 bits per heavy atom. The van der Waals surface area contributed by atoms with Gasteiger partial charge in [0.25, 0.3) is 11.5 Å². The van der Waals surface area contributed by atoms with Gasteiger partial charge in [-0.25, -0.2) is 4.98 Å². The molecule has 0 N–H and O–H groups in total. The minimum atomic E-state index is -0.490. The number of para-hydroxylation sites is 1. The zero-order valence-electron chi connectivity index (χ0n) is 19.5. The predicted octanol–water partition coefficient (Wildman–Crippen LogP) is 4.56. The fourth-order valence-corrected chi connectivity index (χ4v) is 4.34. The average molecular weight is 456 g/mol. The van der Waals surface area contributed by atoms with Gasteiger partial charge < -0.3 is 14.4 Å². The first-order valence-corrected chi connectivity index (χ1v) is 11.1. The molecular formula is C27H25N3O4. The van der Waals surface area contributed by atoms with E-state index in [0.29, 0.717) is 33.8 Å². The van der Waals surface area contributed by atoms with Crippen molar-refractivity contribution in [2.75, 3.05) is 13.8 Å². The summed E-state index contributed by atoms with van der Waals surface area (Å²) in [5, 5.41) is 0.530. The largest absolute Gasteiger partial charge is 0.454 e. The zero-order valence-corrected chi connectivity index (χ0v) is 19.5. The maximum absolute atomic E-state index is 13.7. The molecule has 0 aliphatic carbocycles. The number of ether oxygens (including phenoxy) is 2. The van der Waals surface area contributed by atoms with E-state index in [0.717, 1.165) is 16.8 Å². The van der Waals surface area contributed by atoms with Crippen LogP contribution in [0.4, 0.5) is 0 Å². The molecule has 1 aliphatic heterocycles. The number of carbonyl (C=O) groups is 1. The Balaban J connectivity index is 1.63. The molecule has 1 unspecified atom stereocenters. The molecule has 1 aliphatic rings. The average Bonchev–Trinajstić information content (AvgIpc) is 3.30. The van der Waals surface area contributed by atoms with E-state index in [9.17, 15) is 9.59 Å². The van der Waals surface area contributed by atoms with Gasteiger partial charge in [-0.15, -0.1) is 0 Å². The number of fused-ring (bicyclic) bond motifs is 2. The zero-order chi connectivity index (χ0) is 24.0. The second-order valence-electron chi connectivity index (χ2n) is 8.63. The molecule has 1 atom stereocenters. The van der Waals surface area contributed by atoms with Crippen LogP contribution in [0.5, 0.6) is 11.5 Å². The summed E-state index contributed by atoms with van der Waals surface area (Å²) in [5.41, 5.74) is 3.71. The van der Waals surface area contributed by atoms with Gasteiger partial charge in [0.15, 0.2) is 11.5 Å². The normalized spacial score (nSPS) is 13.2. The number of amides is 1. The first-order chi connectivity index (χ1) is 16.3. The second-order valence-corrected chi connectivity index (χ2v) is 8.63. The van der Waals surface area contributed by atoms with Crippen LogP contribution in [0.15, 0.2) is 65.5 Å². The summed E-state index contributed by atoms with van der Waals surface area (Å²) in [6.07, 6.45) is 0. The predicted molar refractivity (Wildman–Crippen MR) is 130 cm³/mol. The third-order valence-electron chi connectivity index (χ3n) is 6.16. The monoisotopic (exact) mass is 455 g/mol. The van der Waals surface area contributed by atoms with Crippen molar-refractivity contribution in [3.8, 4) is 17.2 Å². The molecule has 0 bridgehead atoms. The van der Waals surface area contributed by atoms with E-state index in [1.807, 2.05) is 51.1 Å². The summed E-state index contributed by atoms with van der Waals surface area (Å²) in [5.74, 6) is 1.44. The Kier molecular flexibility index (Phi) is 5.32. The smallest absolute Gasteiger partial charge is 0.266 e. The SMILES string of the molecule is Cc1cc(C)cc(-n2c(C(C)N(C)C(=O)c3ccc4c(c3)OCO4)nc3ccccc3c2=O)c1. The number of hydrogen-bond acceptors (Lipinski definition) is 5. The van der Waals surface area contributed by atoms with Gasteiger partial charge in [0.05, 0.1) is 22.6 Å². The molecule has 4 aromatic rings. The van der Waals surface area contributed by atoms with Crippen LogP contribution >= 0.6 is 0 Å². The Morgan fingerprint density at radius 3 is 2.47 bits per heavy atom. The van der Waals surface area contributed by atoms with Gasteiger partial charge in [0.2, 0.25) is 6.79 Å². The molecule has 0 saturated heterocycles. The molecule has 0 radical (unpaired) electrons. The third kappa shape index (κ3) is 3.69. The summed E-state index contributed by atoms with van der Waals surface area (Å²) in [4.78, 5) is 33.5. The molecule has 0 fully saturated rings. The third-order valence-corrected chi connectivity index (χ3v) is 6.16. The van der Waals surface area contributed by atoms with E-state index < -0.39 is 6.04 Å². The molecular weight excluding hydrogens is 430 g/mol. The van der Waals surface area contributed by atoms with Gasteiger partial charge in [0.1, 0.15) is 5.82 Å². The van der Waals surface area contributed by atoms with Crippen LogP contribution in [0.25, 0.3) is 16.6 Å². The maximum Gasteiger partial charge on any atom is 0.266 e. The van der Waals surface area contributed by atoms with Crippen LogP contribution in [0.3, 0.4) is 0 Å². The van der Waals surface area contributed by atoms with Crippen molar-refractivity contribution in [3.63, 3.8) is 0 Å². The highest BCUT2D eigenvalue weighted by molar-refractivity contribution is 5.95. The lowest BCUT2D eigenvalue weighted by atomic mass is 10.1. The highest BCUT2D eigenvalue weighted by atomic mass is 16.7. The summed E-state index contributed by atoms with van der Waals surface area (Å²) >= 11 is 0. The second kappa shape index (κ2) is 8.33. The fourth-order valence-electron chi connectivity index (χ4n) is 4.34. The van der Waals surface area contributed by atoms with Gasteiger partial charge >= 0.3 is 0 Å². The molecule has 0 saturated carbocycles. The van der Waals surface area contributed by atoms with E-state index >= 15 is 0 Å². The van der Waals surface area contributed by atoms with E-state index in [2.05, 4.69) is 6.07 Å². The fraction of sp³-hybridized carbons (Fsp3) is 0.222. The van der Waals surface area contributed by atoms with Gasteiger partial charge in [-0.1, -0.05) is 18.2 Å². The first kappa shape index (κ1) is 21.7. The highest BCUT2D eigenvalue weighted by Gasteiger charge is 2.26. The molecule has 2 heterocycles. The Morgan fingerprint density at radius 2 is 1.71 bits per heavy atom. The molecule has 7 nitrogen and oxygen atoms in total. The minimum Gasteiger partial charge on any atom is -0.454 e. The van der Waals surface area contributed by atoms with Gasteiger partial charge in [0, 0.05) is 12.6 Å². The Labute approximate surface area is 197 Å². The summed E-state index contributed by atoms with van der Waals surface area (Å²) in [6.45, 7) is 6.01.